The highest BCUT2D eigenvalue weighted by Crippen LogP contribution is 2.18. The van der Waals surface area contributed by atoms with Gasteiger partial charge in [0, 0.05) is 11.9 Å². The maximum Gasteiger partial charge on any atom is 0.201 e. The van der Waals surface area contributed by atoms with Crippen LogP contribution in [0.25, 0.3) is 11.0 Å². The number of aromatic nitrogens is 2. The zero-order chi connectivity index (χ0) is 11.4. The van der Waals surface area contributed by atoms with Gasteiger partial charge >= 0.3 is 0 Å². The molecule has 0 unspecified atom stereocenters. The molecule has 1 heterocycles. The number of halogens is 1. The number of hydrogen-bond acceptors (Lipinski definition) is 2. The number of anilines is 1. The topological polar surface area (TPSA) is 43.8 Å². The Kier molecular flexibility index (Phi) is 3.83. The lowest BCUT2D eigenvalue weighted by Gasteiger charge is -2.05. The first kappa shape index (κ1) is 11.5. The molecular formula is C12H16BrN3. The second kappa shape index (κ2) is 5.34. The molecule has 4 heteroatoms. The fraction of sp³-hybridized carbons (Fsp3) is 0.417. The SMILES string of the molecule is Nc1nc2ccccc2n1CCCCCBr. The Morgan fingerprint density at radius 1 is 1.19 bits per heavy atom. The van der Waals surface area contributed by atoms with E-state index in [9.17, 15) is 0 Å². The van der Waals surface area contributed by atoms with Gasteiger partial charge in [-0.1, -0.05) is 34.5 Å². The fourth-order valence-electron chi connectivity index (χ4n) is 1.87. The number of rotatable bonds is 5. The summed E-state index contributed by atoms with van der Waals surface area (Å²) in [6.45, 7) is 0.958. The van der Waals surface area contributed by atoms with Crippen LogP contribution in [0.5, 0.6) is 0 Å². The van der Waals surface area contributed by atoms with Crippen molar-refractivity contribution in [2.75, 3.05) is 11.1 Å². The Morgan fingerprint density at radius 2 is 2.00 bits per heavy atom. The molecule has 0 amide bonds. The van der Waals surface area contributed by atoms with E-state index in [1.807, 2.05) is 18.2 Å². The monoisotopic (exact) mass is 281 g/mol. The van der Waals surface area contributed by atoms with Gasteiger partial charge in [0.05, 0.1) is 11.0 Å². The lowest BCUT2D eigenvalue weighted by Crippen LogP contribution is -2.03. The maximum atomic E-state index is 5.91. The zero-order valence-corrected chi connectivity index (χ0v) is 10.8. The molecule has 0 saturated heterocycles. The first-order valence-electron chi connectivity index (χ1n) is 5.59. The Balaban J connectivity index is 2.13. The molecule has 16 heavy (non-hydrogen) atoms. The Bertz CT molecular complexity index is 464. The lowest BCUT2D eigenvalue weighted by atomic mass is 10.2. The third-order valence-electron chi connectivity index (χ3n) is 2.70. The molecule has 2 aromatic rings. The van der Waals surface area contributed by atoms with Gasteiger partial charge in [-0.2, -0.15) is 0 Å². The molecule has 0 saturated carbocycles. The highest BCUT2D eigenvalue weighted by molar-refractivity contribution is 9.09. The van der Waals surface area contributed by atoms with Gasteiger partial charge in [0.2, 0.25) is 5.95 Å². The number of nitrogen functional groups attached to an aromatic ring is 1. The second-order valence-corrected chi connectivity index (χ2v) is 4.65. The van der Waals surface area contributed by atoms with Gasteiger partial charge in [-0.25, -0.2) is 4.98 Å². The number of hydrogen-bond donors (Lipinski definition) is 1. The van der Waals surface area contributed by atoms with E-state index in [1.54, 1.807) is 0 Å². The minimum atomic E-state index is 0.625. The van der Waals surface area contributed by atoms with Crippen molar-refractivity contribution in [1.82, 2.24) is 9.55 Å². The van der Waals surface area contributed by atoms with Crippen molar-refractivity contribution in [3.8, 4) is 0 Å². The van der Waals surface area contributed by atoms with Gasteiger partial charge in [-0.3, -0.25) is 0 Å². The predicted molar refractivity (Wildman–Crippen MR) is 71.8 cm³/mol. The average Bonchev–Trinajstić information content (AvgIpc) is 2.61. The molecule has 86 valence electrons. The highest BCUT2D eigenvalue weighted by Gasteiger charge is 2.06. The summed E-state index contributed by atoms with van der Waals surface area (Å²) in [5.41, 5.74) is 8.04. The van der Waals surface area contributed by atoms with Crippen molar-refractivity contribution >= 4 is 32.9 Å². The fourth-order valence-corrected chi connectivity index (χ4v) is 2.27. The summed E-state index contributed by atoms with van der Waals surface area (Å²) in [7, 11) is 0. The smallest absolute Gasteiger partial charge is 0.201 e. The molecule has 0 aliphatic rings. The molecule has 2 N–H and O–H groups in total. The van der Waals surface area contributed by atoms with Crippen molar-refractivity contribution in [1.29, 1.82) is 0 Å². The van der Waals surface area contributed by atoms with E-state index >= 15 is 0 Å². The van der Waals surface area contributed by atoms with Crippen LogP contribution < -0.4 is 5.73 Å². The number of unbranched alkanes of at least 4 members (excludes halogenated alkanes) is 2. The van der Waals surface area contributed by atoms with Crippen LogP contribution in [0, 0.1) is 0 Å². The first-order valence-corrected chi connectivity index (χ1v) is 6.72. The number of aryl methyl sites for hydroxylation is 1. The van der Waals surface area contributed by atoms with Crippen molar-refractivity contribution in [3.63, 3.8) is 0 Å². The van der Waals surface area contributed by atoms with Crippen LogP contribution in [-0.4, -0.2) is 14.9 Å². The van der Waals surface area contributed by atoms with E-state index < -0.39 is 0 Å². The Labute approximate surface area is 104 Å². The van der Waals surface area contributed by atoms with Crippen molar-refractivity contribution in [2.24, 2.45) is 0 Å². The lowest BCUT2D eigenvalue weighted by molar-refractivity contribution is 0.622. The van der Waals surface area contributed by atoms with Gasteiger partial charge in [-0.15, -0.1) is 0 Å². The van der Waals surface area contributed by atoms with Crippen LogP contribution in [0.3, 0.4) is 0 Å². The molecule has 1 aromatic heterocycles. The molecule has 0 atom stereocenters. The summed E-state index contributed by atoms with van der Waals surface area (Å²) in [4.78, 5) is 4.34. The van der Waals surface area contributed by atoms with Gasteiger partial charge < -0.3 is 10.3 Å². The standard InChI is InChI=1S/C12H16BrN3/c13-8-4-1-5-9-16-11-7-3-2-6-10(11)15-12(16)14/h2-3,6-7H,1,4-5,8-9H2,(H2,14,15). The normalized spacial score (nSPS) is 11.1. The quantitative estimate of drug-likeness (QED) is 0.676. The van der Waals surface area contributed by atoms with E-state index in [4.69, 9.17) is 5.73 Å². The summed E-state index contributed by atoms with van der Waals surface area (Å²) >= 11 is 3.44. The number of nitrogens with two attached hydrogens (primary N) is 1. The molecule has 3 nitrogen and oxygen atoms in total. The molecular weight excluding hydrogens is 266 g/mol. The van der Waals surface area contributed by atoms with Gasteiger partial charge in [0.1, 0.15) is 0 Å². The molecule has 0 aliphatic heterocycles. The van der Waals surface area contributed by atoms with Crippen molar-refractivity contribution in [2.45, 2.75) is 25.8 Å². The Morgan fingerprint density at radius 3 is 2.81 bits per heavy atom. The maximum absolute atomic E-state index is 5.91. The minimum Gasteiger partial charge on any atom is -0.369 e. The van der Waals surface area contributed by atoms with Crippen LogP contribution >= 0.6 is 15.9 Å². The highest BCUT2D eigenvalue weighted by atomic mass is 79.9. The third-order valence-corrected chi connectivity index (χ3v) is 3.26. The third kappa shape index (κ3) is 2.38. The molecule has 1 aromatic carbocycles. The number of imidazole rings is 1. The van der Waals surface area contributed by atoms with Crippen molar-refractivity contribution < 1.29 is 0 Å². The van der Waals surface area contributed by atoms with Crippen LogP contribution in [0.15, 0.2) is 24.3 Å². The van der Waals surface area contributed by atoms with E-state index in [0.29, 0.717) is 5.95 Å². The van der Waals surface area contributed by atoms with Crippen LogP contribution in [0.4, 0.5) is 5.95 Å². The number of nitrogens with zero attached hydrogens (tertiary/aromatic N) is 2. The molecule has 0 radical (unpaired) electrons. The van der Waals surface area contributed by atoms with E-state index in [2.05, 4.69) is 31.5 Å². The summed E-state index contributed by atoms with van der Waals surface area (Å²) in [5.74, 6) is 0.625. The number of fused-ring (bicyclic) bond motifs is 1. The first-order chi connectivity index (χ1) is 7.83. The Hall–Kier alpha value is -1.03. The minimum absolute atomic E-state index is 0.625. The van der Waals surface area contributed by atoms with Gasteiger partial charge in [-0.05, 0) is 25.0 Å². The summed E-state index contributed by atoms with van der Waals surface area (Å²) < 4.78 is 2.10. The van der Waals surface area contributed by atoms with E-state index in [0.717, 1.165) is 29.3 Å². The number of benzene rings is 1. The van der Waals surface area contributed by atoms with E-state index in [1.165, 1.54) is 12.8 Å². The van der Waals surface area contributed by atoms with E-state index in [-0.39, 0.29) is 0 Å². The molecule has 0 bridgehead atoms. The average molecular weight is 282 g/mol. The molecule has 0 fully saturated rings. The van der Waals surface area contributed by atoms with Crippen LogP contribution in [0.1, 0.15) is 19.3 Å². The molecule has 0 aliphatic carbocycles. The van der Waals surface area contributed by atoms with Crippen LogP contribution in [0.2, 0.25) is 0 Å². The molecule has 2 rings (SSSR count). The predicted octanol–water partition coefficient (Wildman–Crippen LogP) is 3.18. The number of alkyl halides is 1. The largest absolute Gasteiger partial charge is 0.369 e. The van der Waals surface area contributed by atoms with Gasteiger partial charge in [0.15, 0.2) is 0 Å². The van der Waals surface area contributed by atoms with Crippen LogP contribution in [-0.2, 0) is 6.54 Å². The van der Waals surface area contributed by atoms with Crippen molar-refractivity contribution in [3.05, 3.63) is 24.3 Å². The summed E-state index contributed by atoms with van der Waals surface area (Å²) in [6.07, 6.45) is 3.58. The zero-order valence-electron chi connectivity index (χ0n) is 9.19. The summed E-state index contributed by atoms with van der Waals surface area (Å²) in [5, 5.41) is 1.08. The van der Waals surface area contributed by atoms with Gasteiger partial charge in [0.25, 0.3) is 0 Å². The molecule has 0 spiro atoms. The second-order valence-electron chi connectivity index (χ2n) is 3.86. The number of para-hydroxylation sites is 2. The summed E-state index contributed by atoms with van der Waals surface area (Å²) in [6, 6.07) is 8.09.